The van der Waals surface area contributed by atoms with Crippen LogP contribution in [0.5, 0.6) is 0 Å². The quantitative estimate of drug-likeness (QED) is 0.789. The number of urea groups is 1. The lowest BCUT2D eigenvalue weighted by Gasteiger charge is -2.33. The third kappa shape index (κ3) is 3.09. The number of nitrogens with zero attached hydrogens (tertiary/aromatic N) is 2. The summed E-state index contributed by atoms with van der Waals surface area (Å²) < 4.78 is 0. The average molecular weight is 398 g/mol. The van der Waals surface area contributed by atoms with E-state index in [-0.39, 0.29) is 18.4 Å². The van der Waals surface area contributed by atoms with Gasteiger partial charge in [0.1, 0.15) is 12.1 Å². The molecule has 6 nitrogen and oxygen atoms in total. The van der Waals surface area contributed by atoms with Gasteiger partial charge in [-0.25, -0.2) is 4.79 Å². The standard InChI is InChI=1S/C21H23N3O3S/c1-2-23(13-16-9-6-12-28-16)18(25)14-24-19(26)21(22-20(24)27)11-5-8-15-7-3-4-10-17(15)21/h3-4,6-7,9-10,12H,2,5,8,11,13-14H2,1H3,(H,22,27)/t21-/m0/s1. The first kappa shape index (κ1) is 18.7. The van der Waals surface area contributed by atoms with Crippen molar-refractivity contribution >= 4 is 29.2 Å². The van der Waals surface area contributed by atoms with Crippen LogP contribution in [0.3, 0.4) is 0 Å². The Kier molecular flexibility index (Phi) is 4.93. The molecular weight excluding hydrogens is 374 g/mol. The van der Waals surface area contributed by atoms with E-state index in [4.69, 9.17) is 0 Å². The van der Waals surface area contributed by atoms with Crippen molar-refractivity contribution in [3.05, 3.63) is 57.8 Å². The van der Waals surface area contributed by atoms with Crippen LogP contribution in [0.2, 0.25) is 0 Å². The molecule has 0 bridgehead atoms. The van der Waals surface area contributed by atoms with Crippen LogP contribution in [0.15, 0.2) is 41.8 Å². The first-order valence-electron chi connectivity index (χ1n) is 9.58. The maximum absolute atomic E-state index is 13.3. The number of thiophene rings is 1. The molecule has 0 saturated carbocycles. The number of hydrogen-bond acceptors (Lipinski definition) is 4. The van der Waals surface area contributed by atoms with Crippen molar-refractivity contribution in [3.8, 4) is 0 Å². The second-order valence-corrected chi connectivity index (χ2v) is 8.26. The van der Waals surface area contributed by atoms with Gasteiger partial charge in [0.15, 0.2) is 0 Å². The Hall–Kier alpha value is -2.67. The Morgan fingerprint density at radius 2 is 2.07 bits per heavy atom. The lowest BCUT2D eigenvalue weighted by Crippen LogP contribution is -2.47. The molecule has 1 aliphatic carbocycles. The first-order chi connectivity index (χ1) is 13.5. The van der Waals surface area contributed by atoms with Crippen LogP contribution in [0.1, 0.15) is 35.8 Å². The highest BCUT2D eigenvalue weighted by molar-refractivity contribution is 7.09. The van der Waals surface area contributed by atoms with Gasteiger partial charge in [-0.1, -0.05) is 30.3 Å². The lowest BCUT2D eigenvalue weighted by atomic mass is 9.76. The highest BCUT2D eigenvalue weighted by atomic mass is 32.1. The summed E-state index contributed by atoms with van der Waals surface area (Å²) in [6.07, 6.45) is 2.28. The van der Waals surface area contributed by atoms with E-state index in [1.165, 1.54) is 0 Å². The van der Waals surface area contributed by atoms with Crippen LogP contribution in [-0.2, 0) is 28.1 Å². The fourth-order valence-electron chi connectivity index (χ4n) is 4.16. The van der Waals surface area contributed by atoms with Gasteiger partial charge in [0.05, 0.1) is 6.54 Å². The van der Waals surface area contributed by atoms with Crippen LogP contribution in [0.25, 0.3) is 0 Å². The molecule has 1 atom stereocenters. The zero-order valence-corrected chi connectivity index (χ0v) is 16.6. The van der Waals surface area contributed by atoms with Crippen LogP contribution < -0.4 is 5.32 Å². The molecule has 2 heterocycles. The van der Waals surface area contributed by atoms with E-state index >= 15 is 0 Å². The molecule has 7 heteroatoms. The number of benzene rings is 1. The predicted molar refractivity (Wildman–Crippen MR) is 107 cm³/mol. The normalized spacial score (nSPS) is 21.0. The van der Waals surface area contributed by atoms with E-state index in [1.807, 2.05) is 48.7 Å². The second kappa shape index (κ2) is 7.39. The topological polar surface area (TPSA) is 69.7 Å². The summed E-state index contributed by atoms with van der Waals surface area (Å²) in [5.41, 5.74) is 0.917. The van der Waals surface area contributed by atoms with Gasteiger partial charge in [-0.2, -0.15) is 0 Å². The molecule has 28 heavy (non-hydrogen) atoms. The lowest BCUT2D eigenvalue weighted by molar-refractivity contribution is -0.139. The van der Waals surface area contributed by atoms with Crippen LogP contribution in [-0.4, -0.2) is 40.7 Å². The number of rotatable bonds is 5. The van der Waals surface area contributed by atoms with E-state index in [2.05, 4.69) is 5.32 Å². The summed E-state index contributed by atoms with van der Waals surface area (Å²) in [5.74, 6) is -0.536. The Balaban J connectivity index is 1.54. The largest absolute Gasteiger partial charge is 0.336 e. The summed E-state index contributed by atoms with van der Waals surface area (Å²) in [4.78, 5) is 42.6. The second-order valence-electron chi connectivity index (χ2n) is 7.22. The molecule has 4 rings (SSSR count). The summed E-state index contributed by atoms with van der Waals surface area (Å²) in [6.45, 7) is 2.68. The summed E-state index contributed by atoms with van der Waals surface area (Å²) in [5, 5.41) is 4.87. The van der Waals surface area contributed by atoms with Crippen molar-refractivity contribution in [3.63, 3.8) is 0 Å². The number of aryl methyl sites for hydroxylation is 1. The molecule has 1 fully saturated rings. The van der Waals surface area contributed by atoms with Gasteiger partial charge >= 0.3 is 6.03 Å². The Morgan fingerprint density at radius 3 is 2.82 bits per heavy atom. The van der Waals surface area contributed by atoms with E-state index in [0.717, 1.165) is 33.7 Å². The van der Waals surface area contributed by atoms with E-state index < -0.39 is 11.6 Å². The van der Waals surface area contributed by atoms with Gasteiger partial charge in [-0.3, -0.25) is 14.5 Å². The maximum atomic E-state index is 13.3. The molecule has 0 radical (unpaired) electrons. The molecule has 1 aliphatic heterocycles. The molecular formula is C21H23N3O3S. The minimum Gasteiger partial charge on any atom is -0.336 e. The van der Waals surface area contributed by atoms with Crippen molar-refractivity contribution in [2.45, 2.75) is 38.3 Å². The van der Waals surface area contributed by atoms with Gasteiger partial charge in [-0.05, 0) is 48.8 Å². The molecule has 2 aliphatic rings. The molecule has 4 amide bonds. The average Bonchev–Trinajstić information content (AvgIpc) is 3.29. The van der Waals surface area contributed by atoms with E-state index in [0.29, 0.717) is 19.5 Å². The SMILES string of the molecule is CCN(Cc1cccs1)C(=O)CN1C(=O)N[C@]2(CCCc3ccccc32)C1=O. The molecule has 146 valence electrons. The molecule has 2 aromatic rings. The van der Waals surface area contributed by atoms with Crippen molar-refractivity contribution in [1.29, 1.82) is 0 Å². The minimum absolute atomic E-state index is 0.222. The highest BCUT2D eigenvalue weighted by Crippen LogP contribution is 2.39. The van der Waals surface area contributed by atoms with Crippen LogP contribution in [0.4, 0.5) is 4.79 Å². The van der Waals surface area contributed by atoms with Crippen molar-refractivity contribution in [1.82, 2.24) is 15.1 Å². The maximum Gasteiger partial charge on any atom is 0.325 e. The van der Waals surface area contributed by atoms with Gasteiger partial charge < -0.3 is 10.2 Å². The summed E-state index contributed by atoms with van der Waals surface area (Å²) >= 11 is 1.58. The smallest absolute Gasteiger partial charge is 0.325 e. The minimum atomic E-state index is -1.03. The molecule has 1 aromatic carbocycles. The fraction of sp³-hybridized carbons (Fsp3) is 0.381. The van der Waals surface area contributed by atoms with Gasteiger partial charge in [-0.15, -0.1) is 11.3 Å². The Labute approximate surface area is 168 Å². The summed E-state index contributed by atoms with van der Waals surface area (Å²) in [7, 11) is 0. The number of amides is 4. The molecule has 1 saturated heterocycles. The molecule has 0 unspecified atom stereocenters. The van der Waals surface area contributed by atoms with Gasteiger partial charge in [0.25, 0.3) is 5.91 Å². The monoisotopic (exact) mass is 397 g/mol. The number of imide groups is 1. The van der Waals surface area contributed by atoms with E-state index in [9.17, 15) is 14.4 Å². The highest BCUT2D eigenvalue weighted by Gasteiger charge is 2.54. The number of carbonyl (C=O) groups is 3. The number of nitrogens with one attached hydrogen (secondary N) is 1. The Bertz CT molecular complexity index is 911. The zero-order valence-electron chi connectivity index (χ0n) is 15.8. The molecule has 1 N–H and O–H groups in total. The third-order valence-corrected chi connectivity index (χ3v) is 6.47. The molecule has 1 spiro atoms. The molecule has 1 aromatic heterocycles. The fourth-order valence-corrected chi connectivity index (χ4v) is 4.88. The number of likely N-dealkylation sites (N-methyl/N-ethyl adjacent to an activating group) is 1. The van der Waals surface area contributed by atoms with Gasteiger partial charge in [0, 0.05) is 11.4 Å². The van der Waals surface area contributed by atoms with E-state index in [1.54, 1.807) is 16.2 Å². The first-order valence-corrected chi connectivity index (χ1v) is 10.5. The van der Waals surface area contributed by atoms with Crippen molar-refractivity contribution < 1.29 is 14.4 Å². The van der Waals surface area contributed by atoms with Gasteiger partial charge in [0.2, 0.25) is 5.91 Å². The number of hydrogen-bond donors (Lipinski definition) is 1. The zero-order chi connectivity index (χ0) is 19.7. The van der Waals surface area contributed by atoms with Crippen LogP contribution in [0, 0.1) is 0 Å². The van der Waals surface area contributed by atoms with Crippen molar-refractivity contribution in [2.24, 2.45) is 0 Å². The van der Waals surface area contributed by atoms with Crippen LogP contribution >= 0.6 is 11.3 Å². The summed E-state index contributed by atoms with van der Waals surface area (Å²) in [6, 6.07) is 11.2. The van der Waals surface area contributed by atoms with Crippen molar-refractivity contribution in [2.75, 3.05) is 13.1 Å². The third-order valence-electron chi connectivity index (χ3n) is 5.61. The predicted octanol–water partition coefficient (Wildman–Crippen LogP) is 2.88. The number of fused-ring (bicyclic) bond motifs is 2. The number of carbonyl (C=O) groups excluding carboxylic acids is 3. The Morgan fingerprint density at radius 1 is 1.25 bits per heavy atom.